The highest BCUT2D eigenvalue weighted by atomic mass is 32.2. The molecule has 0 saturated heterocycles. The number of rotatable bonds is 10. The van der Waals surface area contributed by atoms with Gasteiger partial charge in [-0.2, -0.15) is 0 Å². The van der Waals surface area contributed by atoms with Crippen molar-refractivity contribution < 1.29 is 26.8 Å². The van der Waals surface area contributed by atoms with Gasteiger partial charge in [-0.1, -0.05) is 31.5 Å². The number of carbonyl (C=O) groups excluding carboxylic acids is 1. The van der Waals surface area contributed by atoms with Gasteiger partial charge in [0, 0.05) is 5.69 Å². The summed E-state index contributed by atoms with van der Waals surface area (Å²) in [5.41, 5.74) is 1.23. The van der Waals surface area contributed by atoms with E-state index in [1.807, 2.05) is 25.5 Å². The molecule has 0 bridgehead atoms. The van der Waals surface area contributed by atoms with Crippen LogP contribution in [0.5, 0.6) is 0 Å². The highest BCUT2D eigenvalue weighted by Gasteiger charge is 2.27. The number of nitrogens with one attached hydrogen (secondary N) is 2. The topological polar surface area (TPSA) is 111 Å². The van der Waals surface area contributed by atoms with Crippen LogP contribution in [0, 0.1) is 6.92 Å². The largest absolute Gasteiger partial charge is 0.361 e. The van der Waals surface area contributed by atoms with Crippen molar-refractivity contribution in [3.63, 3.8) is 0 Å². The minimum Gasteiger partial charge on any atom is -0.307 e. The lowest BCUT2D eigenvalue weighted by Gasteiger charge is -2.18. The van der Waals surface area contributed by atoms with Crippen molar-refractivity contribution in [2.75, 3.05) is 18.5 Å². The van der Waals surface area contributed by atoms with Crippen LogP contribution in [0.15, 0.2) is 53.4 Å². The molecule has 0 unspecified atom stereocenters. The van der Waals surface area contributed by atoms with E-state index < -0.39 is 23.7 Å². The summed E-state index contributed by atoms with van der Waals surface area (Å²) < 4.78 is 50.5. The number of hydrogen-bond donors (Lipinski definition) is 2. The smallest absolute Gasteiger partial charge is 0.307 e. The van der Waals surface area contributed by atoms with Crippen LogP contribution in [0.3, 0.4) is 0 Å². The summed E-state index contributed by atoms with van der Waals surface area (Å²) in [7, 11) is -7.46. The molecular weight excluding hydrogens is 427 g/mol. The van der Waals surface area contributed by atoms with E-state index in [2.05, 4.69) is 5.32 Å². The highest BCUT2D eigenvalue weighted by Crippen LogP contribution is 2.47. The third kappa shape index (κ3) is 6.67. The number of sulfonamides is 1. The van der Waals surface area contributed by atoms with Gasteiger partial charge in [0.25, 0.3) is 10.0 Å². The van der Waals surface area contributed by atoms with Crippen molar-refractivity contribution >= 4 is 34.6 Å². The Morgan fingerprint density at radius 3 is 1.97 bits per heavy atom. The van der Waals surface area contributed by atoms with Gasteiger partial charge in [0.05, 0.1) is 23.4 Å². The van der Waals surface area contributed by atoms with Crippen LogP contribution < -0.4 is 15.3 Å². The quantitative estimate of drug-likeness (QED) is 0.521. The van der Waals surface area contributed by atoms with Gasteiger partial charge in [0.15, 0.2) is 0 Å². The van der Waals surface area contributed by atoms with Crippen molar-refractivity contribution in [2.24, 2.45) is 0 Å². The fraction of sp³-hybridized carbons (Fsp3) is 0.350. The second kappa shape index (κ2) is 10.7. The first-order valence-electron chi connectivity index (χ1n) is 9.60. The molecule has 10 heteroatoms. The number of carbonyl (C=O) groups is 1. The predicted octanol–water partition coefficient (Wildman–Crippen LogP) is 4.18. The predicted molar refractivity (Wildman–Crippen MR) is 117 cm³/mol. The molecule has 0 fully saturated rings. The van der Waals surface area contributed by atoms with Gasteiger partial charge >= 0.3 is 13.6 Å². The number of hydrogen-bond acceptors (Lipinski definition) is 6. The molecule has 0 spiro atoms. The molecule has 0 aliphatic rings. The summed E-state index contributed by atoms with van der Waals surface area (Å²) in [5, 5.41) is 2.81. The molecule has 0 aromatic heterocycles. The van der Waals surface area contributed by atoms with E-state index in [9.17, 15) is 17.8 Å². The molecule has 0 radical (unpaired) electrons. The van der Waals surface area contributed by atoms with Crippen LogP contribution in [-0.2, 0) is 23.6 Å². The van der Waals surface area contributed by atoms with Crippen molar-refractivity contribution in [1.82, 2.24) is 4.72 Å². The van der Waals surface area contributed by atoms with E-state index in [0.717, 1.165) is 5.56 Å². The van der Waals surface area contributed by atoms with E-state index in [1.54, 1.807) is 12.1 Å². The first kappa shape index (κ1) is 24.1. The summed E-state index contributed by atoms with van der Waals surface area (Å²) in [4.78, 5) is 12.1. The number of urea groups is 1. The van der Waals surface area contributed by atoms with E-state index in [-0.39, 0.29) is 4.90 Å². The maximum atomic E-state index is 13.0. The molecule has 2 aromatic carbocycles. The molecular formula is C20H27N2O6PS. The molecule has 8 nitrogen and oxygen atoms in total. The standard InChI is InChI=1S/C20H27N2O6PS/c1-4-14-27-29(24,28-15-5-2)18-10-8-17(9-11-18)21-20(23)22-30(25,26)19-12-6-16(3)7-13-19/h6-13H,4-5,14-15H2,1-3H3,(H2,21,22,23). The van der Waals surface area contributed by atoms with Gasteiger partial charge in [0.1, 0.15) is 0 Å². The zero-order valence-corrected chi connectivity index (χ0v) is 19.0. The molecule has 0 aliphatic carbocycles. The molecule has 2 amide bonds. The van der Waals surface area contributed by atoms with E-state index in [1.165, 1.54) is 36.4 Å². The van der Waals surface area contributed by atoms with Gasteiger partial charge in [-0.05, 0) is 56.2 Å². The zero-order chi connectivity index (χ0) is 22.2. The number of benzene rings is 2. The minimum absolute atomic E-state index is 0.0133. The summed E-state index contributed by atoms with van der Waals surface area (Å²) >= 11 is 0. The van der Waals surface area contributed by atoms with Crippen molar-refractivity contribution in [3.05, 3.63) is 54.1 Å². The summed E-state index contributed by atoms with van der Waals surface area (Å²) in [6.07, 6.45) is 1.38. The van der Waals surface area contributed by atoms with Gasteiger partial charge in [-0.3, -0.25) is 4.57 Å². The maximum Gasteiger partial charge on any atom is 0.361 e. The average Bonchev–Trinajstić information content (AvgIpc) is 2.71. The monoisotopic (exact) mass is 454 g/mol. The van der Waals surface area contributed by atoms with Crippen LogP contribution in [0.1, 0.15) is 32.3 Å². The van der Waals surface area contributed by atoms with E-state index >= 15 is 0 Å². The molecule has 2 aromatic rings. The third-order valence-electron chi connectivity index (χ3n) is 3.93. The third-order valence-corrected chi connectivity index (χ3v) is 7.25. The summed E-state index contributed by atoms with van der Waals surface area (Å²) in [5.74, 6) is 0. The SMILES string of the molecule is CCCOP(=O)(OCCC)c1ccc(NC(=O)NS(=O)(=O)c2ccc(C)cc2)cc1. The van der Waals surface area contributed by atoms with Crippen LogP contribution in [-0.4, -0.2) is 27.7 Å². The Morgan fingerprint density at radius 2 is 1.47 bits per heavy atom. The summed E-state index contributed by atoms with van der Waals surface area (Å²) in [6, 6.07) is 11.3. The number of anilines is 1. The second-order valence-corrected chi connectivity index (χ2v) is 10.3. The Morgan fingerprint density at radius 1 is 0.933 bits per heavy atom. The Hall–Kier alpha value is -2.19. The molecule has 0 atom stereocenters. The maximum absolute atomic E-state index is 13.0. The van der Waals surface area contributed by atoms with Crippen LogP contribution in [0.4, 0.5) is 10.5 Å². The fourth-order valence-electron chi connectivity index (χ4n) is 2.39. The average molecular weight is 454 g/mol. The molecule has 2 N–H and O–H groups in total. The highest BCUT2D eigenvalue weighted by molar-refractivity contribution is 7.90. The Kier molecular flexibility index (Phi) is 8.61. The van der Waals surface area contributed by atoms with Crippen molar-refractivity contribution in [2.45, 2.75) is 38.5 Å². The lowest BCUT2D eigenvalue weighted by Crippen LogP contribution is -2.34. The molecule has 2 rings (SSSR count). The molecule has 0 aliphatic heterocycles. The molecule has 30 heavy (non-hydrogen) atoms. The van der Waals surface area contributed by atoms with Crippen LogP contribution in [0.2, 0.25) is 0 Å². The summed E-state index contributed by atoms with van der Waals surface area (Å²) in [6.45, 7) is 6.22. The van der Waals surface area contributed by atoms with Crippen molar-refractivity contribution in [3.8, 4) is 0 Å². The number of amides is 2. The lowest BCUT2D eigenvalue weighted by atomic mass is 10.2. The normalized spacial score (nSPS) is 11.8. The second-order valence-electron chi connectivity index (χ2n) is 6.58. The Balaban J connectivity index is 2.07. The molecule has 0 saturated carbocycles. The lowest BCUT2D eigenvalue weighted by molar-refractivity contribution is 0.213. The Labute approximate surface area is 177 Å². The van der Waals surface area contributed by atoms with Gasteiger partial charge in [-0.25, -0.2) is 17.9 Å². The van der Waals surface area contributed by atoms with Crippen molar-refractivity contribution in [1.29, 1.82) is 0 Å². The zero-order valence-electron chi connectivity index (χ0n) is 17.3. The number of aryl methyl sites for hydroxylation is 1. The fourth-order valence-corrected chi connectivity index (χ4v) is 5.03. The molecule has 0 heterocycles. The molecule has 164 valence electrons. The van der Waals surface area contributed by atoms with Gasteiger partial charge in [0.2, 0.25) is 0 Å². The first-order chi connectivity index (χ1) is 14.2. The van der Waals surface area contributed by atoms with E-state index in [0.29, 0.717) is 37.0 Å². The first-order valence-corrected chi connectivity index (χ1v) is 12.6. The van der Waals surface area contributed by atoms with E-state index in [4.69, 9.17) is 9.05 Å². The van der Waals surface area contributed by atoms with Crippen LogP contribution >= 0.6 is 7.60 Å². The van der Waals surface area contributed by atoms with Crippen LogP contribution in [0.25, 0.3) is 0 Å². The minimum atomic E-state index is -3.99. The van der Waals surface area contributed by atoms with Gasteiger partial charge in [-0.15, -0.1) is 0 Å². The van der Waals surface area contributed by atoms with Gasteiger partial charge < -0.3 is 14.4 Å². The Bertz CT molecular complexity index is 979.